The van der Waals surface area contributed by atoms with Crippen LogP contribution in [0.2, 0.25) is 0 Å². The van der Waals surface area contributed by atoms with Crippen LogP contribution in [0.15, 0.2) is 60.7 Å². The summed E-state index contributed by atoms with van der Waals surface area (Å²) >= 11 is 3.79. The van der Waals surface area contributed by atoms with E-state index in [1.807, 2.05) is 74.5 Å². The predicted molar refractivity (Wildman–Crippen MR) is 145 cm³/mol. The number of quaternary nitrogens is 1. The van der Waals surface area contributed by atoms with Gasteiger partial charge in [0.25, 0.3) is 0 Å². The van der Waals surface area contributed by atoms with Crippen molar-refractivity contribution in [3.05, 3.63) is 71.8 Å². The Morgan fingerprint density at radius 2 is 1.41 bits per heavy atom. The molecule has 2 bridgehead atoms. The molecule has 3 N–H and O–H groups in total. The number of amides is 2. The van der Waals surface area contributed by atoms with E-state index in [2.05, 4.69) is 21.7 Å². The maximum Gasteiger partial charge on any atom is 0.430 e. The fourth-order valence-electron chi connectivity index (χ4n) is 6.69. The van der Waals surface area contributed by atoms with Crippen molar-refractivity contribution in [2.45, 2.75) is 43.6 Å². The Bertz CT molecular complexity index is 1410. The maximum atomic E-state index is 14.3. The molecule has 2 aromatic carbocycles. The number of carbonyl (C=O) groups is 4. The molecule has 218 valence electrons. The highest BCUT2D eigenvalue weighted by atomic mass is 79.9. The van der Waals surface area contributed by atoms with E-state index in [9.17, 15) is 27.6 Å². The number of rotatable bonds is 7. The van der Waals surface area contributed by atoms with Crippen molar-refractivity contribution in [1.82, 2.24) is 4.90 Å². The van der Waals surface area contributed by atoms with Crippen LogP contribution in [0.3, 0.4) is 0 Å². The van der Waals surface area contributed by atoms with E-state index in [-0.39, 0.29) is 17.6 Å². The Labute approximate surface area is 243 Å². The van der Waals surface area contributed by atoms with Gasteiger partial charge in [-0.05, 0) is 55.4 Å². The van der Waals surface area contributed by atoms with Gasteiger partial charge in [-0.25, -0.2) is 0 Å². The number of unbranched alkanes of at least 4 members (excludes halogenated alkanes) is 2. The van der Waals surface area contributed by atoms with Crippen LogP contribution in [-0.2, 0) is 19.2 Å². The third-order valence-electron chi connectivity index (χ3n) is 8.46. The summed E-state index contributed by atoms with van der Waals surface area (Å²) in [5, 5.41) is 8.78. The number of fused-ring (bicyclic) bond motifs is 5. The molecule has 1 heterocycles. The minimum atomic E-state index is -5.19. The Morgan fingerprint density at radius 3 is 1.88 bits per heavy atom. The number of halogens is 4. The van der Waals surface area contributed by atoms with Gasteiger partial charge in [-0.2, -0.15) is 13.2 Å². The number of hydrogen-bond donors (Lipinski definition) is 1. The SMILES string of the molecule is CC12C(=O)C(C)(C(c3ccccc3)=C1c1ccccc1)C1(Br)C(=O)N(CCCCC[NH3+])C(=O)C21.O=C([O-])C(F)(F)F. The third kappa shape index (κ3) is 4.44. The number of benzene rings is 2. The van der Waals surface area contributed by atoms with E-state index in [1.165, 1.54) is 4.90 Å². The average Bonchev–Trinajstić information content (AvgIpc) is 3.31. The van der Waals surface area contributed by atoms with Gasteiger partial charge < -0.3 is 15.6 Å². The summed E-state index contributed by atoms with van der Waals surface area (Å²) in [6, 6.07) is 19.6. The highest BCUT2D eigenvalue weighted by molar-refractivity contribution is 9.10. The first-order valence-corrected chi connectivity index (χ1v) is 14.0. The maximum absolute atomic E-state index is 14.3. The van der Waals surface area contributed by atoms with E-state index in [4.69, 9.17) is 9.90 Å². The highest BCUT2D eigenvalue weighted by Crippen LogP contribution is 2.77. The van der Waals surface area contributed by atoms with Crippen molar-refractivity contribution in [3.8, 4) is 0 Å². The lowest BCUT2D eigenvalue weighted by Gasteiger charge is -2.41. The van der Waals surface area contributed by atoms with Crippen LogP contribution >= 0.6 is 15.9 Å². The van der Waals surface area contributed by atoms with E-state index < -0.39 is 33.2 Å². The number of hydrogen-bond acceptors (Lipinski definition) is 5. The molecule has 11 heteroatoms. The number of nitrogens with zero attached hydrogens (tertiary/aromatic N) is 1. The van der Waals surface area contributed by atoms with Crippen LogP contribution in [0.4, 0.5) is 13.2 Å². The van der Waals surface area contributed by atoms with Gasteiger partial charge >= 0.3 is 6.18 Å². The van der Waals surface area contributed by atoms with Gasteiger partial charge in [0.2, 0.25) is 11.8 Å². The zero-order valence-corrected chi connectivity index (χ0v) is 24.2. The highest BCUT2D eigenvalue weighted by Gasteiger charge is 2.85. The lowest BCUT2D eigenvalue weighted by atomic mass is 9.63. The van der Waals surface area contributed by atoms with E-state index in [0.29, 0.717) is 6.54 Å². The molecule has 4 atom stereocenters. The predicted octanol–water partition coefficient (Wildman–Crippen LogP) is 3.04. The summed E-state index contributed by atoms with van der Waals surface area (Å²) in [5.74, 6) is -4.36. The van der Waals surface area contributed by atoms with Crippen molar-refractivity contribution in [1.29, 1.82) is 0 Å². The molecule has 0 spiro atoms. The van der Waals surface area contributed by atoms with Crippen LogP contribution in [-0.4, -0.2) is 52.1 Å². The Hall–Kier alpha value is -3.31. The lowest BCUT2D eigenvalue weighted by Crippen LogP contribution is -2.50. The topological polar surface area (TPSA) is 122 Å². The molecule has 41 heavy (non-hydrogen) atoms. The number of Topliss-reactive ketones (excluding diaryl/α,β-unsaturated/α-hetero) is 1. The summed E-state index contributed by atoms with van der Waals surface area (Å²) in [4.78, 5) is 52.3. The molecule has 2 fully saturated rings. The molecule has 1 saturated heterocycles. The van der Waals surface area contributed by atoms with Crippen LogP contribution in [0.25, 0.3) is 11.1 Å². The first-order chi connectivity index (χ1) is 19.2. The van der Waals surface area contributed by atoms with Crippen molar-refractivity contribution in [2.75, 3.05) is 13.1 Å². The van der Waals surface area contributed by atoms with Gasteiger partial charge in [-0.15, -0.1) is 0 Å². The molecule has 2 aromatic rings. The first kappa shape index (κ1) is 30.6. The van der Waals surface area contributed by atoms with Gasteiger partial charge in [-0.3, -0.25) is 19.3 Å². The van der Waals surface area contributed by atoms with Crippen LogP contribution < -0.4 is 10.8 Å². The van der Waals surface area contributed by atoms with Crippen molar-refractivity contribution < 1.29 is 43.2 Å². The second-order valence-electron chi connectivity index (χ2n) is 10.8. The summed E-state index contributed by atoms with van der Waals surface area (Å²) < 4.78 is 30.3. The number of alkyl halides is 4. The van der Waals surface area contributed by atoms with Crippen molar-refractivity contribution >= 4 is 50.6 Å². The summed E-state index contributed by atoms with van der Waals surface area (Å²) in [7, 11) is 0. The van der Waals surface area contributed by atoms with Gasteiger partial charge in [0.05, 0.1) is 23.3 Å². The second-order valence-corrected chi connectivity index (χ2v) is 12.0. The van der Waals surface area contributed by atoms with Gasteiger partial charge in [0.1, 0.15) is 10.3 Å². The standard InChI is InChI=1S/C28H29BrN2O3.C2HF3O2/c1-26-20(18-12-6-3-7-13-18)21(19-14-8-4-9-15-19)27(2,24(26)33)28(29)22(26)23(32)31(25(28)34)17-11-5-10-16-30;3-2(4,5)1(6)7/h3-4,6-9,12-15,22H,5,10-11,16-17,30H2,1-2H3;(H,6,7). The second kappa shape index (κ2) is 10.8. The van der Waals surface area contributed by atoms with E-state index in [1.54, 1.807) is 0 Å². The molecule has 4 unspecified atom stereocenters. The number of imide groups is 1. The number of carboxylic acid groups (broad SMARTS) is 1. The van der Waals surface area contributed by atoms with Crippen LogP contribution in [0.5, 0.6) is 0 Å². The molecule has 2 amide bonds. The zero-order valence-electron chi connectivity index (χ0n) is 22.6. The number of ketones is 1. The Kier molecular flexibility index (Phi) is 8.09. The monoisotopic (exact) mass is 634 g/mol. The van der Waals surface area contributed by atoms with Crippen LogP contribution in [0, 0.1) is 16.7 Å². The minimum Gasteiger partial charge on any atom is -0.542 e. The van der Waals surface area contributed by atoms with Crippen molar-refractivity contribution in [2.24, 2.45) is 16.7 Å². The smallest absolute Gasteiger partial charge is 0.430 e. The molecule has 1 aliphatic heterocycles. The number of carbonyl (C=O) groups excluding carboxylic acids is 4. The normalized spacial score (nSPS) is 28.6. The average molecular weight is 635 g/mol. The van der Waals surface area contributed by atoms with Crippen LogP contribution in [0.1, 0.15) is 44.2 Å². The molecule has 5 rings (SSSR count). The fourth-order valence-corrected chi connectivity index (χ4v) is 7.94. The molecular weight excluding hydrogens is 605 g/mol. The quantitative estimate of drug-likeness (QED) is 0.285. The lowest BCUT2D eigenvalue weighted by molar-refractivity contribution is -0.368. The minimum absolute atomic E-state index is 0.0574. The number of carboxylic acids is 1. The van der Waals surface area contributed by atoms with Gasteiger partial charge in [0.15, 0.2) is 5.78 Å². The first-order valence-electron chi connectivity index (χ1n) is 13.2. The van der Waals surface area contributed by atoms with Gasteiger partial charge in [0, 0.05) is 6.54 Å². The molecule has 1 saturated carbocycles. The summed E-state index contributed by atoms with van der Waals surface area (Å²) in [6.45, 7) is 4.94. The summed E-state index contributed by atoms with van der Waals surface area (Å²) in [5.41, 5.74) is 5.13. The molecule has 7 nitrogen and oxygen atoms in total. The molecular formula is C30H30BrF3N2O5. The largest absolute Gasteiger partial charge is 0.542 e. The zero-order chi connectivity index (χ0) is 30.4. The van der Waals surface area contributed by atoms with E-state index >= 15 is 0 Å². The Balaban J connectivity index is 0.000000493. The third-order valence-corrected chi connectivity index (χ3v) is 10.0. The fraction of sp³-hybridized carbons (Fsp3) is 0.400. The Morgan fingerprint density at radius 1 is 0.927 bits per heavy atom. The van der Waals surface area contributed by atoms with E-state index in [0.717, 1.165) is 48.1 Å². The molecule has 2 aliphatic carbocycles. The molecule has 3 aliphatic rings. The van der Waals surface area contributed by atoms with Crippen molar-refractivity contribution in [3.63, 3.8) is 0 Å². The number of likely N-dealkylation sites (tertiary alicyclic amines) is 1. The summed E-state index contributed by atoms with van der Waals surface area (Å²) in [6.07, 6.45) is -2.57. The van der Waals surface area contributed by atoms with Gasteiger partial charge in [-0.1, -0.05) is 76.6 Å². The molecule has 0 radical (unpaired) electrons. The number of aliphatic carboxylic acids is 1. The number of allylic oxidation sites excluding steroid dienone is 2. The molecule has 0 aromatic heterocycles.